The average molecular weight is 292 g/mol. The highest BCUT2D eigenvalue weighted by Gasteiger charge is 2.21. The van der Waals surface area contributed by atoms with Crippen LogP contribution >= 0.6 is 0 Å². The van der Waals surface area contributed by atoms with Crippen LogP contribution in [0.1, 0.15) is 64.2 Å². The first-order valence-corrected chi connectivity index (χ1v) is 8.70. The lowest BCUT2D eigenvalue weighted by Crippen LogP contribution is -2.34. The molecule has 0 aliphatic carbocycles. The molecule has 0 aromatic carbocycles. The van der Waals surface area contributed by atoms with Gasteiger partial charge in [-0.05, 0) is 44.3 Å². The smallest absolute Gasteiger partial charge is 0.122 e. The molecule has 0 radical (unpaired) electrons. The first kappa shape index (κ1) is 16.6. The van der Waals surface area contributed by atoms with E-state index in [9.17, 15) is 0 Å². The lowest BCUT2D eigenvalue weighted by atomic mass is 10.1. The summed E-state index contributed by atoms with van der Waals surface area (Å²) in [7, 11) is 0. The molecule has 0 saturated carbocycles. The predicted octanol–water partition coefficient (Wildman–Crippen LogP) is 4.18. The van der Waals surface area contributed by atoms with Gasteiger partial charge in [0, 0.05) is 18.2 Å². The van der Waals surface area contributed by atoms with Crippen LogP contribution in [-0.4, -0.2) is 24.0 Å². The number of nitrogens with zero attached hydrogens (tertiary/aromatic N) is 1. The van der Waals surface area contributed by atoms with Gasteiger partial charge in [-0.25, -0.2) is 0 Å². The molecule has 1 N–H and O–H groups in total. The van der Waals surface area contributed by atoms with Crippen molar-refractivity contribution in [1.29, 1.82) is 0 Å². The Bertz CT molecular complexity index is 400. The molecule has 1 saturated heterocycles. The van der Waals surface area contributed by atoms with Crippen molar-refractivity contribution < 1.29 is 4.42 Å². The summed E-state index contributed by atoms with van der Waals surface area (Å²) in [6, 6.07) is 2.91. The second-order valence-electron chi connectivity index (χ2n) is 6.78. The van der Waals surface area contributed by atoms with Gasteiger partial charge in [-0.1, -0.05) is 33.6 Å². The molecule has 2 rings (SSSR count). The van der Waals surface area contributed by atoms with Crippen molar-refractivity contribution in [3.63, 3.8) is 0 Å². The molecule has 1 fully saturated rings. The van der Waals surface area contributed by atoms with Crippen LogP contribution in [0, 0.1) is 5.92 Å². The van der Waals surface area contributed by atoms with E-state index in [2.05, 4.69) is 37.1 Å². The fourth-order valence-corrected chi connectivity index (χ4v) is 3.26. The first-order valence-electron chi connectivity index (χ1n) is 8.70. The van der Waals surface area contributed by atoms with E-state index in [1.165, 1.54) is 44.2 Å². The molecular formula is C18H32N2O. The zero-order chi connectivity index (χ0) is 15.1. The molecule has 3 nitrogen and oxygen atoms in total. The third-order valence-electron chi connectivity index (χ3n) is 4.52. The number of furan rings is 1. The van der Waals surface area contributed by atoms with Crippen molar-refractivity contribution >= 4 is 0 Å². The highest BCUT2D eigenvalue weighted by molar-refractivity contribution is 5.17. The highest BCUT2D eigenvalue weighted by Crippen LogP contribution is 2.23. The third kappa shape index (κ3) is 5.15. The predicted molar refractivity (Wildman–Crippen MR) is 88.2 cm³/mol. The molecule has 1 aromatic rings. The first-order chi connectivity index (χ1) is 10.2. The van der Waals surface area contributed by atoms with Crippen LogP contribution in [0.2, 0.25) is 0 Å². The molecule has 3 heteroatoms. The standard InChI is InChI=1S/C18H32N2O/c1-4-17-8-6-5-7-10-20(17)14-16-9-11-21-18(16)13-19-12-15(2)3/h9,11,15,17,19H,4-8,10,12-14H2,1-3H3. The van der Waals surface area contributed by atoms with Crippen molar-refractivity contribution in [3.8, 4) is 0 Å². The summed E-state index contributed by atoms with van der Waals surface area (Å²) in [6.45, 7) is 11.0. The summed E-state index contributed by atoms with van der Waals surface area (Å²) in [5.74, 6) is 1.80. The van der Waals surface area contributed by atoms with Gasteiger partial charge in [-0.15, -0.1) is 0 Å². The number of rotatable bonds is 7. The number of nitrogens with one attached hydrogen (secondary N) is 1. The largest absolute Gasteiger partial charge is 0.468 e. The topological polar surface area (TPSA) is 28.4 Å². The van der Waals surface area contributed by atoms with E-state index in [4.69, 9.17) is 4.42 Å². The minimum absolute atomic E-state index is 0.679. The van der Waals surface area contributed by atoms with E-state index < -0.39 is 0 Å². The Hall–Kier alpha value is -0.800. The molecule has 21 heavy (non-hydrogen) atoms. The Morgan fingerprint density at radius 1 is 1.33 bits per heavy atom. The van der Waals surface area contributed by atoms with E-state index in [0.717, 1.165) is 31.4 Å². The Morgan fingerprint density at radius 3 is 2.95 bits per heavy atom. The summed E-state index contributed by atoms with van der Waals surface area (Å²) in [5, 5.41) is 3.49. The van der Waals surface area contributed by atoms with Crippen molar-refractivity contribution in [1.82, 2.24) is 10.2 Å². The molecule has 120 valence electrons. The van der Waals surface area contributed by atoms with Crippen molar-refractivity contribution in [2.45, 2.75) is 72.0 Å². The van der Waals surface area contributed by atoms with Crippen molar-refractivity contribution in [2.24, 2.45) is 5.92 Å². The van der Waals surface area contributed by atoms with Crippen molar-refractivity contribution in [3.05, 3.63) is 23.7 Å². The molecule has 1 unspecified atom stereocenters. The second kappa shape index (κ2) is 8.60. The Kier molecular flexibility index (Phi) is 6.78. The van der Waals surface area contributed by atoms with Gasteiger partial charge in [-0.3, -0.25) is 4.90 Å². The van der Waals surface area contributed by atoms with Gasteiger partial charge in [0.1, 0.15) is 5.76 Å². The van der Waals surface area contributed by atoms with Gasteiger partial charge in [0.2, 0.25) is 0 Å². The SMILES string of the molecule is CCC1CCCCCN1Cc1ccoc1CNCC(C)C. The van der Waals surface area contributed by atoms with E-state index in [1.54, 1.807) is 0 Å². The van der Waals surface area contributed by atoms with Crippen molar-refractivity contribution in [2.75, 3.05) is 13.1 Å². The van der Waals surface area contributed by atoms with E-state index >= 15 is 0 Å². The van der Waals surface area contributed by atoms with Crippen LogP contribution in [0.15, 0.2) is 16.7 Å². The van der Waals surface area contributed by atoms with E-state index in [0.29, 0.717) is 5.92 Å². The molecule has 1 aliphatic rings. The summed E-state index contributed by atoms with van der Waals surface area (Å²) in [6.07, 6.45) is 8.59. The summed E-state index contributed by atoms with van der Waals surface area (Å²) in [4.78, 5) is 2.67. The summed E-state index contributed by atoms with van der Waals surface area (Å²) >= 11 is 0. The molecule has 2 heterocycles. The molecule has 1 aromatic heterocycles. The third-order valence-corrected chi connectivity index (χ3v) is 4.52. The normalized spacial score (nSPS) is 20.9. The Morgan fingerprint density at radius 2 is 2.19 bits per heavy atom. The minimum atomic E-state index is 0.679. The minimum Gasteiger partial charge on any atom is -0.468 e. The van der Waals surface area contributed by atoms with Crippen LogP contribution in [0.3, 0.4) is 0 Å². The Labute approximate surface area is 130 Å². The summed E-state index contributed by atoms with van der Waals surface area (Å²) in [5.41, 5.74) is 1.37. The van der Waals surface area contributed by atoms with Gasteiger partial charge < -0.3 is 9.73 Å². The highest BCUT2D eigenvalue weighted by atomic mass is 16.3. The lowest BCUT2D eigenvalue weighted by molar-refractivity contribution is 0.184. The fourth-order valence-electron chi connectivity index (χ4n) is 3.26. The lowest BCUT2D eigenvalue weighted by Gasteiger charge is -2.29. The average Bonchev–Trinajstić information content (AvgIpc) is 2.76. The van der Waals surface area contributed by atoms with Gasteiger partial charge >= 0.3 is 0 Å². The monoisotopic (exact) mass is 292 g/mol. The molecule has 0 amide bonds. The van der Waals surface area contributed by atoms with Crippen LogP contribution in [0.25, 0.3) is 0 Å². The maximum absolute atomic E-state index is 5.70. The molecule has 0 spiro atoms. The van der Waals surface area contributed by atoms with Gasteiger partial charge in [0.15, 0.2) is 0 Å². The maximum Gasteiger partial charge on any atom is 0.122 e. The van der Waals surface area contributed by atoms with Crippen LogP contribution in [0.4, 0.5) is 0 Å². The van der Waals surface area contributed by atoms with Gasteiger partial charge in [0.25, 0.3) is 0 Å². The van der Waals surface area contributed by atoms with Crippen LogP contribution in [-0.2, 0) is 13.1 Å². The molecule has 0 bridgehead atoms. The van der Waals surface area contributed by atoms with Crippen LogP contribution < -0.4 is 5.32 Å². The molecular weight excluding hydrogens is 260 g/mol. The van der Waals surface area contributed by atoms with Crippen LogP contribution in [0.5, 0.6) is 0 Å². The molecule has 1 aliphatic heterocycles. The van der Waals surface area contributed by atoms with E-state index in [-0.39, 0.29) is 0 Å². The molecule has 1 atom stereocenters. The fraction of sp³-hybridized carbons (Fsp3) is 0.778. The number of hydrogen-bond acceptors (Lipinski definition) is 3. The number of likely N-dealkylation sites (tertiary alicyclic amines) is 1. The second-order valence-corrected chi connectivity index (χ2v) is 6.78. The zero-order valence-electron chi connectivity index (χ0n) is 14.0. The zero-order valence-corrected chi connectivity index (χ0v) is 14.0. The van der Waals surface area contributed by atoms with Gasteiger partial charge in [-0.2, -0.15) is 0 Å². The Balaban J connectivity index is 1.93. The quantitative estimate of drug-likeness (QED) is 0.817. The van der Waals surface area contributed by atoms with E-state index in [1.807, 2.05) is 6.26 Å². The van der Waals surface area contributed by atoms with Gasteiger partial charge in [0.05, 0.1) is 12.8 Å². The summed E-state index contributed by atoms with van der Waals surface area (Å²) < 4.78 is 5.70. The maximum atomic E-state index is 5.70. The number of hydrogen-bond donors (Lipinski definition) is 1.